The first-order valence-corrected chi connectivity index (χ1v) is 6.89. The van der Waals surface area contributed by atoms with Crippen LogP contribution in [0.25, 0.3) is 0 Å². The van der Waals surface area contributed by atoms with Crippen molar-refractivity contribution in [2.75, 3.05) is 32.9 Å². The first kappa shape index (κ1) is 15.2. The van der Waals surface area contributed by atoms with Crippen molar-refractivity contribution in [2.24, 2.45) is 0 Å². The molecule has 2 rings (SSSR count). The number of carbonyl (C=O) groups excluding carboxylic acids is 1. The summed E-state index contributed by atoms with van der Waals surface area (Å²) in [5, 5.41) is 11.1. The number of carbonyl (C=O) groups is 1. The SMILES string of the molecule is CN(C)C1CCCN(C(=O)c2cc(N)ccc2[N+](=O)[O-])C1. The normalized spacial score (nSPS) is 18.8. The van der Waals surface area contributed by atoms with E-state index in [0.717, 1.165) is 12.8 Å². The van der Waals surface area contributed by atoms with Crippen LogP contribution in [0.2, 0.25) is 0 Å². The zero-order valence-corrected chi connectivity index (χ0v) is 12.3. The lowest BCUT2D eigenvalue weighted by Crippen LogP contribution is -2.47. The van der Waals surface area contributed by atoms with Gasteiger partial charge in [-0.1, -0.05) is 0 Å². The van der Waals surface area contributed by atoms with Gasteiger partial charge < -0.3 is 15.5 Å². The van der Waals surface area contributed by atoms with E-state index >= 15 is 0 Å². The van der Waals surface area contributed by atoms with Crippen LogP contribution >= 0.6 is 0 Å². The minimum absolute atomic E-state index is 0.0689. The van der Waals surface area contributed by atoms with Gasteiger partial charge in [-0.3, -0.25) is 14.9 Å². The topological polar surface area (TPSA) is 92.7 Å². The predicted octanol–water partition coefficient (Wildman–Crippen LogP) is 1.34. The van der Waals surface area contributed by atoms with Gasteiger partial charge in [0.25, 0.3) is 11.6 Å². The molecule has 114 valence electrons. The van der Waals surface area contributed by atoms with Crippen LogP contribution in [-0.2, 0) is 0 Å². The van der Waals surface area contributed by atoms with E-state index in [9.17, 15) is 14.9 Å². The number of nitrogen functional groups attached to an aromatic ring is 1. The molecule has 1 saturated heterocycles. The predicted molar refractivity (Wildman–Crippen MR) is 80.1 cm³/mol. The summed E-state index contributed by atoms with van der Waals surface area (Å²) in [5.41, 5.74) is 5.90. The third-order valence-corrected chi connectivity index (χ3v) is 3.86. The molecule has 2 N–H and O–H groups in total. The summed E-state index contributed by atoms with van der Waals surface area (Å²) in [4.78, 5) is 26.9. The summed E-state index contributed by atoms with van der Waals surface area (Å²) in [6, 6.07) is 4.39. The van der Waals surface area contributed by atoms with E-state index in [1.807, 2.05) is 14.1 Å². The van der Waals surface area contributed by atoms with Crippen LogP contribution < -0.4 is 5.73 Å². The Bertz CT molecular complexity index is 559. The molecule has 1 aromatic rings. The van der Waals surface area contributed by atoms with E-state index in [4.69, 9.17) is 5.73 Å². The number of piperidine rings is 1. The second-order valence-corrected chi connectivity index (χ2v) is 5.54. The fourth-order valence-electron chi connectivity index (χ4n) is 2.62. The van der Waals surface area contributed by atoms with Crippen molar-refractivity contribution in [2.45, 2.75) is 18.9 Å². The van der Waals surface area contributed by atoms with E-state index in [-0.39, 0.29) is 23.2 Å². The Morgan fingerprint density at radius 1 is 1.48 bits per heavy atom. The Labute approximate surface area is 123 Å². The van der Waals surface area contributed by atoms with Gasteiger partial charge in [0.05, 0.1) is 4.92 Å². The van der Waals surface area contributed by atoms with Crippen LogP contribution in [0.1, 0.15) is 23.2 Å². The summed E-state index contributed by atoms with van der Waals surface area (Å²) < 4.78 is 0. The lowest BCUT2D eigenvalue weighted by atomic mass is 10.0. The number of nitro benzene ring substituents is 1. The summed E-state index contributed by atoms with van der Waals surface area (Å²) in [6.45, 7) is 1.20. The number of hydrogen-bond acceptors (Lipinski definition) is 5. The molecule has 1 heterocycles. The molecule has 1 aliphatic heterocycles. The Kier molecular flexibility index (Phi) is 4.42. The van der Waals surface area contributed by atoms with Crippen LogP contribution in [0.4, 0.5) is 11.4 Å². The first-order valence-electron chi connectivity index (χ1n) is 6.89. The summed E-state index contributed by atoms with van der Waals surface area (Å²) in [7, 11) is 3.95. The van der Waals surface area contributed by atoms with Crippen molar-refractivity contribution in [3.05, 3.63) is 33.9 Å². The molecule has 7 heteroatoms. The Balaban J connectivity index is 2.27. The Hall–Kier alpha value is -2.15. The van der Waals surface area contributed by atoms with Crippen molar-refractivity contribution < 1.29 is 9.72 Å². The van der Waals surface area contributed by atoms with Gasteiger partial charge in [-0.05, 0) is 39.1 Å². The average Bonchev–Trinajstić information content (AvgIpc) is 2.46. The molecule has 21 heavy (non-hydrogen) atoms. The summed E-state index contributed by atoms with van der Waals surface area (Å²) >= 11 is 0. The highest BCUT2D eigenvalue weighted by atomic mass is 16.6. The highest BCUT2D eigenvalue weighted by Gasteiger charge is 2.29. The number of rotatable bonds is 3. The van der Waals surface area contributed by atoms with E-state index in [0.29, 0.717) is 18.8 Å². The number of likely N-dealkylation sites (tertiary alicyclic amines) is 1. The first-order chi connectivity index (χ1) is 9.90. The molecule has 0 spiro atoms. The van der Waals surface area contributed by atoms with Gasteiger partial charge in [0.2, 0.25) is 0 Å². The molecular weight excluding hydrogens is 272 g/mol. The third kappa shape index (κ3) is 3.30. The molecule has 0 saturated carbocycles. The molecule has 7 nitrogen and oxygen atoms in total. The Morgan fingerprint density at radius 3 is 2.81 bits per heavy atom. The Morgan fingerprint density at radius 2 is 2.19 bits per heavy atom. The quantitative estimate of drug-likeness (QED) is 0.515. The van der Waals surface area contributed by atoms with Crippen LogP contribution in [0, 0.1) is 10.1 Å². The van der Waals surface area contributed by atoms with Crippen LogP contribution in [-0.4, -0.2) is 53.9 Å². The van der Waals surface area contributed by atoms with Crippen LogP contribution in [0.15, 0.2) is 18.2 Å². The number of amides is 1. The van der Waals surface area contributed by atoms with Crippen molar-refractivity contribution >= 4 is 17.3 Å². The fourth-order valence-corrected chi connectivity index (χ4v) is 2.62. The van der Waals surface area contributed by atoms with Crippen molar-refractivity contribution in [1.29, 1.82) is 0 Å². The summed E-state index contributed by atoms with van der Waals surface area (Å²) in [5.74, 6) is -0.319. The van der Waals surface area contributed by atoms with E-state index in [1.54, 1.807) is 4.90 Å². The monoisotopic (exact) mass is 292 g/mol. The van der Waals surface area contributed by atoms with Gasteiger partial charge >= 0.3 is 0 Å². The van der Waals surface area contributed by atoms with Crippen molar-refractivity contribution in [3.8, 4) is 0 Å². The molecule has 1 fully saturated rings. The van der Waals surface area contributed by atoms with E-state index in [1.165, 1.54) is 18.2 Å². The maximum atomic E-state index is 12.6. The lowest BCUT2D eigenvalue weighted by Gasteiger charge is -2.36. The number of anilines is 1. The molecule has 0 aliphatic carbocycles. The van der Waals surface area contributed by atoms with E-state index < -0.39 is 4.92 Å². The number of nitrogens with two attached hydrogens (primary N) is 1. The lowest BCUT2D eigenvalue weighted by molar-refractivity contribution is -0.385. The molecule has 1 unspecified atom stereocenters. The van der Waals surface area contributed by atoms with Gasteiger partial charge in [0, 0.05) is 30.9 Å². The zero-order valence-electron chi connectivity index (χ0n) is 12.3. The number of hydrogen-bond donors (Lipinski definition) is 1. The van der Waals surface area contributed by atoms with Gasteiger partial charge in [-0.25, -0.2) is 0 Å². The highest BCUT2D eigenvalue weighted by Crippen LogP contribution is 2.24. The minimum atomic E-state index is -0.542. The van der Waals surface area contributed by atoms with Crippen molar-refractivity contribution in [1.82, 2.24) is 9.80 Å². The largest absolute Gasteiger partial charge is 0.399 e. The number of nitro groups is 1. The molecule has 0 radical (unpaired) electrons. The molecule has 0 aromatic heterocycles. The second kappa shape index (κ2) is 6.09. The molecule has 0 bridgehead atoms. The molecule has 1 aliphatic rings. The minimum Gasteiger partial charge on any atom is -0.399 e. The van der Waals surface area contributed by atoms with Crippen LogP contribution in [0.3, 0.4) is 0 Å². The van der Waals surface area contributed by atoms with Gasteiger partial charge in [-0.15, -0.1) is 0 Å². The number of likely N-dealkylation sites (N-methyl/N-ethyl adjacent to an activating group) is 1. The average molecular weight is 292 g/mol. The third-order valence-electron chi connectivity index (χ3n) is 3.86. The molecule has 1 atom stereocenters. The summed E-state index contributed by atoms with van der Waals surface area (Å²) in [6.07, 6.45) is 1.92. The highest BCUT2D eigenvalue weighted by molar-refractivity contribution is 5.99. The van der Waals surface area contributed by atoms with Crippen molar-refractivity contribution in [3.63, 3.8) is 0 Å². The second-order valence-electron chi connectivity index (χ2n) is 5.54. The molecule has 1 amide bonds. The number of nitrogens with zero attached hydrogens (tertiary/aromatic N) is 3. The molecule has 1 aromatic carbocycles. The van der Waals surface area contributed by atoms with E-state index in [2.05, 4.69) is 4.90 Å². The van der Waals surface area contributed by atoms with Crippen LogP contribution in [0.5, 0.6) is 0 Å². The van der Waals surface area contributed by atoms with Gasteiger partial charge in [-0.2, -0.15) is 0 Å². The van der Waals surface area contributed by atoms with Gasteiger partial charge in [0.15, 0.2) is 0 Å². The smallest absolute Gasteiger partial charge is 0.282 e. The molecular formula is C14H20N4O3. The fraction of sp³-hybridized carbons (Fsp3) is 0.500. The van der Waals surface area contributed by atoms with Gasteiger partial charge in [0.1, 0.15) is 5.56 Å². The zero-order chi connectivity index (χ0) is 15.6. The number of benzene rings is 1. The maximum Gasteiger partial charge on any atom is 0.282 e. The maximum absolute atomic E-state index is 12.6. The standard InChI is InChI=1S/C14H20N4O3/c1-16(2)11-4-3-7-17(9-11)14(19)12-8-10(15)5-6-13(12)18(20)21/h5-6,8,11H,3-4,7,9,15H2,1-2H3.